The first-order valence-electron chi connectivity index (χ1n) is 6.58. The minimum atomic E-state index is -0.238. The molecule has 2 heteroatoms. The molecule has 90 valence electrons. The van der Waals surface area contributed by atoms with E-state index >= 15 is 0 Å². The van der Waals surface area contributed by atoms with Gasteiger partial charge in [-0.3, -0.25) is 0 Å². The molecule has 1 saturated carbocycles. The fraction of sp³-hybridized carbons (Fsp3) is 1.00. The second-order valence-corrected chi connectivity index (χ2v) is 4.81. The van der Waals surface area contributed by atoms with E-state index in [0.717, 1.165) is 25.4 Å². The van der Waals surface area contributed by atoms with E-state index in [-0.39, 0.29) is 6.10 Å². The van der Waals surface area contributed by atoms with Gasteiger partial charge in [0.2, 0.25) is 0 Å². The molecule has 1 rings (SSSR count). The molecule has 0 saturated heterocycles. The average Bonchev–Trinajstić information content (AvgIpc) is 2.28. The number of aliphatic hydroxyl groups excluding tert-OH is 1. The zero-order valence-corrected chi connectivity index (χ0v) is 10.1. The first-order chi connectivity index (χ1) is 7.33. The van der Waals surface area contributed by atoms with E-state index in [1.54, 1.807) is 0 Å². The van der Waals surface area contributed by atoms with Crippen LogP contribution in [0.15, 0.2) is 0 Å². The van der Waals surface area contributed by atoms with Crippen LogP contribution in [0.2, 0.25) is 0 Å². The molecule has 0 aromatic carbocycles. The molecule has 0 spiro atoms. The summed E-state index contributed by atoms with van der Waals surface area (Å²) >= 11 is 0. The van der Waals surface area contributed by atoms with E-state index in [1.165, 1.54) is 38.5 Å². The van der Waals surface area contributed by atoms with Crippen molar-refractivity contribution in [2.24, 2.45) is 5.92 Å². The number of hydrogen-bond acceptors (Lipinski definition) is 2. The molecular formula is C13H26O2. The lowest BCUT2D eigenvalue weighted by molar-refractivity contribution is 0.0287. The first-order valence-corrected chi connectivity index (χ1v) is 6.58. The van der Waals surface area contributed by atoms with Crippen LogP contribution in [0.5, 0.6) is 0 Å². The van der Waals surface area contributed by atoms with Gasteiger partial charge in [-0.2, -0.15) is 0 Å². The largest absolute Gasteiger partial charge is 0.391 e. The van der Waals surface area contributed by atoms with Gasteiger partial charge in [0.25, 0.3) is 0 Å². The maximum Gasteiger partial charge on any atom is 0.0773 e. The molecule has 1 aliphatic rings. The molecule has 1 unspecified atom stereocenters. The molecule has 15 heavy (non-hydrogen) atoms. The highest BCUT2D eigenvalue weighted by Crippen LogP contribution is 2.27. The van der Waals surface area contributed by atoms with Gasteiger partial charge in [0.15, 0.2) is 0 Å². The van der Waals surface area contributed by atoms with Gasteiger partial charge < -0.3 is 9.84 Å². The molecule has 1 aliphatic carbocycles. The molecule has 2 nitrogen and oxygen atoms in total. The van der Waals surface area contributed by atoms with Crippen molar-refractivity contribution in [1.82, 2.24) is 0 Å². The normalized spacial score (nSPS) is 20.4. The van der Waals surface area contributed by atoms with E-state index in [4.69, 9.17) is 4.74 Å². The Labute approximate surface area is 94.0 Å². The van der Waals surface area contributed by atoms with Crippen molar-refractivity contribution in [3.63, 3.8) is 0 Å². The molecule has 0 bridgehead atoms. The van der Waals surface area contributed by atoms with Crippen molar-refractivity contribution in [3.8, 4) is 0 Å². The van der Waals surface area contributed by atoms with Crippen molar-refractivity contribution in [3.05, 3.63) is 0 Å². The van der Waals surface area contributed by atoms with E-state index in [2.05, 4.69) is 6.92 Å². The maximum atomic E-state index is 9.68. The minimum Gasteiger partial charge on any atom is -0.391 e. The summed E-state index contributed by atoms with van der Waals surface area (Å²) in [6.45, 7) is 3.40. The van der Waals surface area contributed by atoms with Crippen LogP contribution in [0.3, 0.4) is 0 Å². The highest BCUT2D eigenvalue weighted by molar-refractivity contribution is 4.67. The Balaban J connectivity index is 1.97. The SMILES string of the molecule is CCCOCC(O)CCC1CCCCC1. The zero-order valence-electron chi connectivity index (χ0n) is 10.1. The molecule has 0 aromatic rings. The van der Waals surface area contributed by atoms with Crippen LogP contribution >= 0.6 is 0 Å². The Morgan fingerprint density at radius 2 is 2.00 bits per heavy atom. The Kier molecular flexibility index (Phi) is 7.03. The molecule has 1 atom stereocenters. The summed E-state index contributed by atoms with van der Waals surface area (Å²) in [5, 5.41) is 9.68. The minimum absolute atomic E-state index is 0.238. The van der Waals surface area contributed by atoms with Crippen LogP contribution in [-0.2, 0) is 4.74 Å². The van der Waals surface area contributed by atoms with Gasteiger partial charge >= 0.3 is 0 Å². The van der Waals surface area contributed by atoms with E-state index in [9.17, 15) is 5.11 Å². The van der Waals surface area contributed by atoms with Crippen LogP contribution in [0.1, 0.15) is 58.3 Å². The fourth-order valence-corrected chi connectivity index (χ4v) is 2.35. The third-order valence-corrected chi connectivity index (χ3v) is 3.29. The van der Waals surface area contributed by atoms with Gasteiger partial charge in [0, 0.05) is 6.61 Å². The Bertz CT molecular complexity index is 141. The Morgan fingerprint density at radius 1 is 1.27 bits per heavy atom. The fourth-order valence-electron chi connectivity index (χ4n) is 2.35. The molecule has 0 amide bonds. The summed E-state index contributed by atoms with van der Waals surface area (Å²) in [4.78, 5) is 0. The van der Waals surface area contributed by atoms with E-state index < -0.39 is 0 Å². The summed E-state index contributed by atoms with van der Waals surface area (Å²) in [7, 11) is 0. The summed E-state index contributed by atoms with van der Waals surface area (Å²) < 4.78 is 5.33. The molecule has 0 radical (unpaired) electrons. The highest BCUT2D eigenvalue weighted by atomic mass is 16.5. The van der Waals surface area contributed by atoms with E-state index in [0.29, 0.717) is 6.61 Å². The smallest absolute Gasteiger partial charge is 0.0773 e. The number of hydrogen-bond donors (Lipinski definition) is 1. The van der Waals surface area contributed by atoms with Crippen molar-refractivity contribution in [2.75, 3.05) is 13.2 Å². The number of rotatable bonds is 7. The second kappa shape index (κ2) is 8.12. The van der Waals surface area contributed by atoms with Gasteiger partial charge in [-0.05, 0) is 25.2 Å². The molecule has 1 N–H and O–H groups in total. The topological polar surface area (TPSA) is 29.5 Å². The second-order valence-electron chi connectivity index (χ2n) is 4.81. The van der Waals surface area contributed by atoms with Crippen molar-refractivity contribution < 1.29 is 9.84 Å². The van der Waals surface area contributed by atoms with Crippen LogP contribution in [0.25, 0.3) is 0 Å². The predicted molar refractivity (Wildman–Crippen MR) is 62.9 cm³/mol. The number of ether oxygens (including phenoxy) is 1. The Morgan fingerprint density at radius 3 is 2.67 bits per heavy atom. The van der Waals surface area contributed by atoms with E-state index in [1.807, 2.05) is 0 Å². The summed E-state index contributed by atoms with van der Waals surface area (Å²) in [5.41, 5.74) is 0. The molecule has 0 aromatic heterocycles. The lowest BCUT2D eigenvalue weighted by atomic mass is 9.85. The molecule has 1 fully saturated rings. The van der Waals surface area contributed by atoms with Crippen LogP contribution < -0.4 is 0 Å². The van der Waals surface area contributed by atoms with Crippen LogP contribution in [-0.4, -0.2) is 24.4 Å². The van der Waals surface area contributed by atoms with Crippen molar-refractivity contribution in [1.29, 1.82) is 0 Å². The molecule has 0 aliphatic heterocycles. The monoisotopic (exact) mass is 214 g/mol. The van der Waals surface area contributed by atoms with Crippen molar-refractivity contribution >= 4 is 0 Å². The summed E-state index contributed by atoms with van der Waals surface area (Å²) in [5.74, 6) is 0.875. The lowest BCUT2D eigenvalue weighted by Crippen LogP contribution is -2.18. The standard InChI is InChI=1S/C13H26O2/c1-2-10-15-11-13(14)9-8-12-6-4-3-5-7-12/h12-14H,2-11H2,1H3. The van der Waals surface area contributed by atoms with Crippen LogP contribution in [0, 0.1) is 5.92 Å². The van der Waals surface area contributed by atoms with Crippen molar-refractivity contribution in [2.45, 2.75) is 64.4 Å². The summed E-state index contributed by atoms with van der Waals surface area (Å²) in [6, 6.07) is 0. The predicted octanol–water partition coefficient (Wildman–Crippen LogP) is 3.13. The van der Waals surface area contributed by atoms with Crippen LogP contribution in [0.4, 0.5) is 0 Å². The average molecular weight is 214 g/mol. The first kappa shape index (κ1) is 13.0. The summed E-state index contributed by atoms with van der Waals surface area (Å²) in [6.07, 6.45) is 9.88. The van der Waals surface area contributed by atoms with Gasteiger partial charge in [-0.1, -0.05) is 39.0 Å². The van der Waals surface area contributed by atoms with Gasteiger partial charge in [-0.25, -0.2) is 0 Å². The quantitative estimate of drug-likeness (QED) is 0.660. The lowest BCUT2D eigenvalue weighted by Gasteiger charge is -2.22. The van der Waals surface area contributed by atoms with Gasteiger partial charge in [0.1, 0.15) is 0 Å². The molecular weight excluding hydrogens is 188 g/mol. The highest BCUT2D eigenvalue weighted by Gasteiger charge is 2.14. The van der Waals surface area contributed by atoms with Gasteiger partial charge in [-0.15, -0.1) is 0 Å². The molecule has 0 heterocycles. The maximum absolute atomic E-state index is 9.68. The third kappa shape index (κ3) is 6.16. The van der Waals surface area contributed by atoms with Gasteiger partial charge in [0.05, 0.1) is 12.7 Å². The third-order valence-electron chi connectivity index (χ3n) is 3.29. The number of aliphatic hydroxyl groups is 1. The zero-order chi connectivity index (χ0) is 10.9. The Hall–Kier alpha value is -0.0800.